The number of amides is 1. The Kier molecular flexibility index (Phi) is 6.15. The number of carbonyl (C=O) groups is 1. The van der Waals surface area contributed by atoms with Crippen LogP contribution in [0.25, 0.3) is 0 Å². The van der Waals surface area contributed by atoms with Gasteiger partial charge in [0.05, 0.1) is 5.54 Å². The van der Waals surface area contributed by atoms with E-state index in [1.807, 2.05) is 26.0 Å². The minimum atomic E-state index is -0.590. The number of thioether (sulfide) groups is 1. The van der Waals surface area contributed by atoms with Crippen LogP contribution in [0, 0.1) is 0 Å². The quantitative estimate of drug-likeness (QED) is 0.557. The van der Waals surface area contributed by atoms with Crippen molar-refractivity contribution in [3.05, 3.63) is 24.5 Å². The van der Waals surface area contributed by atoms with Crippen molar-refractivity contribution in [3.8, 4) is 0 Å². The van der Waals surface area contributed by atoms with Gasteiger partial charge in [0.15, 0.2) is 0 Å². The maximum atomic E-state index is 11.4. The summed E-state index contributed by atoms with van der Waals surface area (Å²) >= 11 is 1.77. The van der Waals surface area contributed by atoms with Gasteiger partial charge in [-0.1, -0.05) is 6.92 Å². The minimum Gasteiger partial charge on any atom is -0.368 e. The molecule has 0 spiro atoms. The van der Waals surface area contributed by atoms with Crippen molar-refractivity contribution in [1.82, 2.24) is 10.3 Å². The van der Waals surface area contributed by atoms with E-state index >= 15 is 0 Å². The highest BCUT2D eigenvalue weighted by molar-refractivity contribution is 7.99. The number of aromatic nitrogens is 1. The fourth-order valence-corrected chi connectivity index (χ4v) is 2.58. The Balaban J connectivity index is 2.34. The first-order chi connectivity index (χ1) is 8.58. The van der Waals surface area contributed by atoms with Crippen LogP contribution in [0.5, 0.6) is 0 Å². The van der Waals surface area contributed by atoms with E-state index in [1.165, 1.54) is 4.90 Å². The molecule has 0 aliphatic rings. The molecule has 0 aliphatic carbocycles. The van der Waals surface area contributed by atoms with E-state index in [-0.39, 0.29) is 5.91 Å². The number of hydrogen-bond donors (Lipinski definition) is 2. The Morgan fingerprint density at radius 3 is 2.72 bits per heavy atom. The van der Waals surface area contributed by atoms with E-state index in [4.69, 9.17) is 5.73 Å². The average molecular weight is 267 g/mol. The zero-order valence-corrected chi connectivity index (χ0v) is 11.8. The van der Waals surface area contributed by atoms with Gasteiger partial charge in [-0.05, 0) is 44.2 Å². The number of pyridine rings is 1. The molecule has 1 rings (SSSR count). The van der Waals surface area contributed by atoms with Gasteiger partial charge in [-0.25, -0.2) is 0 Å². The number of hydrogen-bond acceptors (Lipinski definition) is 4. The normalized spacial score (nSPS) is 14.1. The van der Waals surface area contributed by atoms with Crippen molar-refractivity contribution in [2.45, 2.75) is 37.1 Å². The third-order valence-corrected chi connectivity index (χ3v) is 3.95. The first-order valence-corrected chi connectivity index (χ1v) is 7.15. The van der Waals surface area contributed by atoms with Crippen LogP contribution in [0.3, 0.4) is 0 Å². The average Bonchev–Trinajstić information content (AvgIpc) is 2.36. The smallest absolute Gasteiger partial charge is 0.237 e. The number of carbonyl (C=O) groups excluding carboxylic acids is 1. The largest absolute Gasteiger partial charge is 0.368 e. The molecule has 3 N–H and O–H groups in total. The highest BCUT2D eigenvalue weighted by Gasteiger charge is 2.28. The topological polar surface area (TPSA) is 68.0 Å². The predicted octanol–water partition coefficient (Wildman–Crippen LogP) is 1.81. The molecule has 1 aromatic heterocycles. The number of nitrogens with one attached hydrogen (secondary N) is 1. The summed E-state index contributed by atoms with van der Waals surface area (Å²) in [5.41, 5.74) is 4.84. The molecular formula is C13H21N3OS. The molecule has 100 valence electrons. The minimum absolute atomic E-state index is 0.279. The molecular weight excluding hydrogens is 246 g/mol. The van der Waals surface area contributed by atoms with Crippen LogP contribution in [-0.4, -0.2) is 28.7 Å². The molecule has 1 aromatic rings. The van der Waals surface area contributed by atoms with Crippen molar-refractivity contribution < 1.29 is 4.79 Å². The third kappa shape index (κ3) is 4.66. The lowest BCUT2D eigenvalue weighted by atomic mass is 9.95. The third-order valence-electron chi connectivity index (χ3n) is 2.85. The van der Waals surface area contributed by atoms with Gasteiger partial charge < -0.3 is 11.1 Å². The van der Waals surface area contributed by atoms with Gasteiger partial charge in [0.25, 0.3) is 0 Å². The van der Waals surface area contributed by atoms with E-state index in [0.29, 0.717) is 0 Å². The van der Waals surface area contributed by atoms with Crippen LogP contribution < -0.4 is 11.1 Å². The summed E-state index contributed by atoms with van der Waals surface area (Å²) in [5, 5.41) is 3.16. The molecule has 0 aliphatic heterocycles. The Morgan fingerprint density at radius 2 is 2.17 bits per heavy atom. The fraction of sp³-hybridized carbons (Fsp3) is 0.538. The van der Waals surface area contributed by atoms with E-state index in [0.717, 1.165) is 25.1 Å². The second-order valence-corrected chi connectivity index (χ2v) is 5.53. The van der Waals surface area contributed by atoms with Gasteiger partial charge in [0.1, 0.15) is 0 Å². The fourth-order valence-electron chi connectivity index (χ4n) is 1.74. The maximum absolute atomic E-state index is 11.4. The zero-order valence-electron chi connectivity index (χ0n) is 11.0. The van der Waals surface area contributed by atoms with Gasteiger partial charge in [0.2, 0.25) is 5.91 Å². The van der Waals surface area contributed by atoms with Crippen LogP contribution >= 0.6 is 11.8 Å². The summed E-state index contributed by atoms with van der Waals surface area (Å²) in [7, 11) is 0. The van der Waals surface area contributed by atoms with Crippen molar-refractivity contribution in [1.29, 1.82) is 0 Å². The molecule has 0 bridgehead atoms. The molecule has 4 nitrogen and oxygen atoms in total. The van der Waals surface area contributed by atoms with Gasteiger partial charge in [-0.3, -0.25) is 9.78 Å². The Bertz CT molecular complexity index is 372. The molecule has 5 heteroatoms. The Morgan fingerprint density at radius 1 is 1.50 bits per heavy atom. The van der Waals surface area contributed by atoms with Crippen LogP contribution in [-0.2, 0) is 4.79 Å². The summed E-state index contributed by atoms with van der Waals surface area (Å²) in [6.07, 6.45) is 5.27. The van der Waals surface area contributed by atoms with Crippen LogP contribution in [0.15, 0.2) is 29.4 Å². The van der Waals surface area contributed by atoms with Gasteiger partial charge in [-0.15, -0.1) is 11.8 Å². The monoisotopic (exact) mass is 267 g/mol. The summed E-state index contributed by atoms with van der Waals surface area (Å²) in [4.78, 5) is 16.6. The van der Waals surface area contributed by atoms with Gasteiger partial charge in [0, 0.05) is 17.3 Å². The summed E-state index contributed by atoms with van der Waals surface area (Å²) in [5.74, 6) is 0.691. The predicted molar refractivity (Wildman–Crippen MR) is 75.5 cm³/mol. The van der Waals surface area contributed by atoms with Crippen molar-refractivity contribution in [2.24, 2.45) is 5.73 Å². The molecule has 1 amide bonds. The zero-order chi connectivity index (χ0) is 13.4. The van der Waals surface area contributed by atoms with Crippen molar-refractivity contribution in [2.75, 3.05) is 12.3 Å². The first-order valence-electron chi connectivity index (χ1n) is 6.16. The lowest BCUT2D eigenvalue weighted by molar-refractivity contribution is -0.124. The van der Waals surface area contributed by atoms with E-state index in [2.05, 4.69) is 10.3 Å². The first kappa shape index (κ1) is 15.0. The number of rotatable bonds is 8. The van der Waals surface area contributed by atoms with E-state index < -0.39 is 5.54 Å². The van der Waals surface area contributed by atoms with E-state index in [9.17, 15) is 4.79 Å². The number of primary amides is 1. The molecule has 0 saturated heterocycles. The summed E-state index contributed by atoms with van der Waals surface area (Å²) in [6, 6.07) is 3.98. The van der Waals surface area contributed by atoms with E-state index in [1.54, 1.807) is 24.2 Å². The van der Waals surface area contributed by atoms with Crippen LogP contribution in [0.2, 0.25) is 0 Å². The van der Waals surface area contributed by atoms with Crippen LogP contribution in [0.4, 0.5) is 0 Å². The standard InChI is InChI=1S/C13H21N3OS/c1-3-16-13(2,12(14)17)7-4-10-18-11-5-8-15-9-6-11/h5-6,8-9,16H,3-4,7,10H2,1-2H3,(H2,14,17). The maximum Gasteiger partial charge on any atom is 0.237 e. The molecule has 0 saturated carbocycles. The highest BCUT2D eigenvalue weighted by Crippen LogP contribution is 2.20. The SMILES string of the molecule is CCNC(C)(CCCSc1ccncc1)C(N)=O. The van der Waals surface area contributed by atoms with Crippen molar-refractivity contribution in [3.63, 3.8) is 0 Å². The van der Waals surface area contributed by atoms with Crippen LogP contribution in [0.1, 0.15) is 26.7 Å². The lowest BCUT2D eigenvalue weighted by Crippen LogP contribution is -2.53. The second-order valence-electron chi connectivity index (χ2n) is 4.36. The summed E-state index contributed by atoms with van der Waals surface area (Å²) in [6.45, 7) is 4.60. The Hall–Kier alpha value is -1.07. The molecule has 0 fully saturated rings. The lowest BCUT2D eigenvalue weighted by Gasteiger charge is -2.26. The number of nitrogens with two attached hydrogens (primary N) is 1. The van der Waals surface area contributed by atoms with Gasteiger partial charge in [-0.2, -0.15) is 0 Å². The highest BCUT2D eigenvalue weighted by atomic mass is 32.2. The summed E-state index contributed by atoms with van der Waals surface area (Å²) < 4.78 is 0. The molecule has 1 heterocycles. The number of nitrogens with zero attached hydrogens (tertiary/aromatic N) is 1. The Labute approximate surface area is 113 Å². The molecule has 0 radical (unpaired) electrons. The molecule has 1 atom stereocenters. The molecule has 18 heavy (non-hydrogen) atoms. The van der Waals surface area contributed by atoms with Crippen molar-refractivity contribution >= 4 is 17.7 Å². The molecule has 0 aromatic carbocycles. The number of likely N-dealkylation sites (N-methyl/N-ethyl adjacent to an activating group) is 1. The molecule has 1 unspecified atom stereocenters. The van der Waals surface area contributed by atoms with Gasteiger partial charge >= 0.3 is 0 Å². The second kappa shape index (κ2) is 7.38.